The Labute approximate surface area is 119 Å². The minimum Gasteiger partial charge on any atom is -0.358 e. The van der Waals surface area contributed by atoms with E-state index >= 15 is 0 Å². The van der Waals surface area contributed by atoms with Crippen LogP contribution in [0.1, 0.15) is 5.56 Å². The van der Waals surface area contributed by atoms with Gasteiger partial charge in [0.1, 0.15) is 6.54 Å². The highest BCUT2D eigenvalue weighted by Gasteiger charge is 2.13. The van der Waals surface area contributed by atoms with Gasteiger partial charge in [-0.2, -0.15) is 9.94 Å². The molecule has 1 aromatic heterocycles. The van der Waals surface area contributed by atoms with Gasteiger partial charge in [0.25, 0.3) is 0 Å². The van der Waals surface area contributed by atoms with E-state index in [-0.39, 0.29) is 18.3 Å². The monoisotopic (exact) mass is 285 g/mol. The highest BCUT2D eigenvalue weighted by Crippen LogP contribution is 2.10. The van der Waals surface area contributed by atoms with Crippen LogP contribution in [-0.4, -0.2) is 20.6 Å². The van der Waals surface area contributed by atoms with E-state index in [1.165, 1.54) is 16.9 Å². The van der Waals surface area contributed by atoms with Crippen molar-refractivity contribution in [3.05, 3.63) is 52.2 Å². The molecule has 21 heavy (non-hydrogen) atoms. The van der Waals surface area contributed by atoms with Crippen LogP contribution in [-0.2, 0) is 17.8 Å². The smallest absolute Gasteiger partial charge is 0.358 e. The van der Waals surface area contributed by atoms with E-state index in [1.807, 2.05) is 6.07 Å². The van der Waals surface area contributed by atoms with E-state index in [4.69, 9.17) is 5.26 Å². The van der Waals surface area contributed by atoms with Crippen molar-refractivity contribution in [3.8, 4) is 6.07 Å². The average Bonchev–Trinajstić information content (AvgIpc) is 2.90. The third-order valence-corrected chi connectivity index (χ3v) is 2.64. The predicted octanol–water partition coefficient (Wildman–Crippen LogP) is 1.50. The first-order valence-corrected chi connectivity index (χ1v) is 6.02. The van der Waals surface area contributed by atoms with Gasteiger partial charge in [0.15, 0.2) is 0 Å². The number of nitro groups is 1. The van der Waals surface area contributed by atoms with Gasteiger partial charge in [0.2, 0.25) is 5.91 Å². The Morgan fingerprint density at radius 1 is 1.38 bits per heavy atom. The van der Waals surface area contributed by atoms with Gasteiger partial charge in [-0.25, -0.2) is 0 Å². The van der Waals surface area contributed by atoms with Gasteiger partial charge in [0.05, 0.1) is 29.9 Å². The maximum Gasteiger partial charge on any atom is 0.389 e. The fourth-order valence-electron chi connectivity index (χ4n) is 1.68. The molecular weight excluding hydrogens is 274 g/mol. The fourth-order valence-corrected chi connectivity index (χ4v) is 1.68. The standard InChI is InChI=1S/C13H11N5O3/c14-7-5-10-1-3-11(4-2-10)15-13(19)9-17-8-6-12(16-17)18(20)21/h1-4,6,8H,5,9H2,(H,15,19). The van der Waals surface area contributed by atoms with Crippen molar-refractivity contribution in [2.24, 2.45) is 0 Å². The van der Waals surface area contributed by atoms with Crippen molar-refractivity contribution < 1.29 is 9.72 Å². The Morgan fingerprint density at radius 3 is 2.67 bits per heavy atom. The lowest BCUT2D eigenvalue weighted by molar-refractivity contribution is -0.389. The van der Waals surface area contributed by atoms with Crippen molar-refractivity contribution in [3.63, 3.8) is 0 Å². The maximum atomic E-state index is 11.8. The van der Waals surface area contributed by atoms with Gasteiger partial charge in [0, 0.05) is 5.69 Å². The molecule has 1 N–H and O–H groups in total. The van der Waals surface area contributed by atoms with E-state index in [2.05, 4.69) is 10.4 Å². The molecule has 0 aliphatic rings. The summed E-state index contributed by atoms with van der Waals surface area (Å²) in [7, 11) is 0. The van der Waals surface area contributed by atoms with Crippen LogP contribution in [0.2, 0.25) is 0 Å². The van der Waals surface area contributed by atoms with Crippen LogP contribution in [0.4, 0.5) is 11.5 Å². The third-order valence-electron chi connectivity index (χ3n) is 2.64. The number of nitrogens with zero attached hydrogens (tertiary/aromatic N) is 4. The lowest BCUT2D eigenvalue weighted by atomic mass is 10.1. The van der Waals surface area contributed by atoms with E-state index < -0.39 is 4.92 Å². The minimum atomic E-state index is -0.623. The summed E-state index contributed by atoms with van der Waals surface area (Å²) >= 11 is 0. The topological polar surface area (TPSA) is 114 Å². The quantitative estimate of drug-likeness (QED) is 0.660. The molecule has 1 aromatic carbocycles. The SMILES string of the molecule is N#CCc1ccc(NC(=O)Cn2ccc([N+](=O)[O-])n2)cc1. The normalized spacial score (nSPS) is 9.86. The van der Waals surface area contributed by atoms with Gasteiger partial charge in [-0.15, -0.1) is 0 Å². The second-order valence-corrected chi connectivity index (χ2v) is 4.21. The van der Waals surface area contributed by atoms with Crippen LogP contribution in [0.3, 0.4) is 0 Å². The molecule has 0 bridgehead atoms. The van der Waals surface area contributed by atoms with Crippen molar-refractivity contribution in [1.82, 2.24) is 9.78 Å². The number of hydrogen-bond acceptors (Lipinski definition) is 5. The Morgan fingerprint density at radius 2 is 2.10 bits per heavy atom. The second kappa shape index (κ2) is 6.29. The summed E-state index contributed by atoms with van der Waals surface area (Å²) in [5.41, 5.74) is 1.45. The van der Waals surface area contributed by atoms with E-state index in [0.717, 1.165) is 5.56 Å². The molecule has 0 spiro atoms. The van der Waals surface area contributed by atoms with Crippen LogP contribution >= 0.6 is 0 Å². The summed E-state index contributed by atoms with van der Waals surface area (Å²) < 4.78 is 1.19. The molecule has 1 amide bonds. The van der Waals surface area contributed by atoms with Crippen LogP contribution in [0.5, 0.6) is 0 Å². The molecule has 0 saturated heterocycles. The molecule has 8 heteroatoms. The first-order chi connectivity index (χ1) is 10.1. The molecule has 1 heterocycles. The zero-order valence-electron chi connectivity index (χ0n) is 10.9. The van der Waals surface area contributed by atoms with Gasteiger partial charge >= 0.3 is 5.82 Å². The Balaban J connectivity index is 1.94. The van der Waals surface area contributed by atoms with Crippen LogP contribution in [0.25, 0.3) is 0 Å². The molecule has 0 fully saturated rings. The number of carbonyl (C=O) groups is 1. The maximum absolute atomic E-state index is 11.8. The third kappa shape index (κ3) is 3.87. The second-order valence-electron chi connectivity index (χ2n) is 4.21. The first-order valence-electron chi connectivity index (χ1n) is 6.02. The molecule has 0 atom stereocenters. The summed E-state index contributed by atoms with van der Waals surface area (Å²) in [6.07, 6.45) is 1.68. The molecule has 2 rings (SSSR count). The Hall–Kier alpha value is -3.21. The molecule has 0 unspecified atom stereocenters. The zero-order valence-corrected chi connectivity index (χ0v) is 10.9. The zero-order chi connectivity index (χ0) is 15.2. The molecule has 0 saturated carbocycles. The minimum absolute atomic E-state index is 0.117. The van der Waals surface area contributed by atoms with Crippen molar-refractivity contribution in [2.75, 3.05) is 5.32 Å². The number of benzene rings is 1. The molecule has 0 radical (unpaired) electrons. The van der Waals surface area contributed by atoms with Gasteiger partial charge in [-0.1, -0.05) is 12.1 Å². The Bertz CT molecular complexity index is 699. The number of rotatable bonds is 5. The number of amides is 1. The summed E-state index contributed by atoms with van der Waals surface area (Å²) in [5, 5.41) is 25.3. The number of nitriles is 1. The van der Waals surface area contributed by atoms with E-state index in [1.54, 1.807) is 24.3 Å². The predicted molar refractivity (Wildman–Crippen MR) is 73.3 cm³/mol. The highest BCUT2D eigenvalue weighted by atomic mass is 16.6. The molecule has 8 nitrogen and oxygen atoms in total. The number of carbonyl (C=O) groups excluding carboxylic acids is 1. The lowest BCUT2D eigenvalue weighted by Crippen LogP contribution is -2.19. The largest absolute Gasteiger partial charge is 0.389 e. The first kappa shape index (κ1) is 14.2. The summed E-state index contributed by atoms with van der Waals surface area (Å²) in [6, 6.07) is 10.1. The van der Waals surface area contributed by atoms with Crippen LogP contribution < -0.4 is 5.32 Å². The molecule has 0 aliphatic carbocycles. The summed E-state index contributed by atoms with van der Waals surface area (Å²) in [5.74, 6) is -0.648. The van der Waals surface area contributed by atoms with Crippen molar-refractivity contribution in [2.45, 2.75) is 13.0 Å². The number of aromatic nitrogens is 2. The van der Waals surface area contributed by atoms with E-state index in [0.29, 0.717) is 12.1 Å². The van der Waals surface area contributed by atoms with Crippen LogP contribution in [0, 0.1) is 21.4 Å². The average molecular weight is 285 g/mol. The summed E-state index contributed by atoms with van der Waals surface area (Å²) in [4.78, 5) is 21.6. The van der Waals surface area contributed by atoms with Crippen molar-refractivity contribution in [1.29, 1.82) is 5.26 Å². The molecule has 2 aromatic rings. The molecule has 0 aliphatic heterocycles. The highest BCUT2D eigenvalue weighted by molar-refractivity contribution is 5.90. The molecule has 106 valence electrons. The van der Waals surface area contributed by atoms with Gasteiger partial charge < -0.3 is 15.4 Å². The molecular formula is C13H11N5O3. The van der Waals surface area contributed by atoms with Crippen molar-refractivity contribution >= 4 is 17.4 Å². The lowest BCUT2D eigenvalue weighted by Gasteiger charge is -2.04. The summed E-state index contributed by atoms with van der Waals surface area (Å²) in [6.45, 7) is -0.117. The van der Waals surface area contributed by atoms with Gasteiger partial charge in [-0.3, -0.25) is 4.79 Å². The van der Waals surface area contributed by atoms with Gasteiger partial charge in [-0.05, 0) is 22.6 Å². The number of hydrogen-bond donors (Lipinski definition) is 1. The number of nitrogens with one attached hydrogen (secondary N) is 1. The van der Waals surface area contributed by atoms with Crippen LogP contribution in [0.15, 0.2) is 36.5 Å². The Kier molecular flexibility index (Phi) is 4.26. The fraction of sp³-hybridized carbons (Fsp3) is 0.154. The number of anilines is 1. The van der Waals surface area contributed by atoms with E-state index in [9.17, 15) is 14.9 Å².